The third-order valence-electron chi connectivity index (χ3n) is 1.67. The quantitative estimate of drug-likeness (QED) is 0.660. The molecule has 0 radical (unpaired) electrons. The molecule has 0 aliphatic rings. The molecule has 14 heavy (non-hydrogen) atoms. The number of rotatable bonds is 6. The lowest BCUT2D eigenvalue weighted by molar-refractivity contribution is -0.120. The van der Waals surface area contributed by atoms with Crippen LogP contribution < -0.4 is 10.5 Å². The molecular formula is C8H18N2O3S. The summed E-state index contributed by atoms with van der Waals surface area (Å²) in [6.07, 6.45) is 1.72. The summed E-state index contributed by atoms with van der Waals surface area (Å²) in [5.74, 6) is -0.655. The Labute approximate surface area is 85.1 Å². The first-order valence-electron chi connectivity index (χ1n) is 4.72. The highest BCUT2D eigenvalue weighted by atomic mass is 32.2. The van der Waals surface area contributed by atoms with Gasteiger partial charge in [0.15, 0.2) is 0 Å². The maximum absolute atomic E-state index is 11.2. The van der Waals surface area contributed by atoms with Crippen LogP contribution in [0.3, 0.4) is 0 Å². The molecule has 84 valence electrons. The van der Waals surface area contributed by atoms with Gasteiger partial charge >= 0.3 is 0 Å². The SMILES string of the molecule is CCC[C@@H](N)C(=O)NS(=O)(=O)CCC. The number of sulfonamides is 1. The number of amides is 1. The third-order valence-corrected chi connectivity index (χ3v) is 3.12. The van der Waals surface area contributed by atoms with E-state index < -0.39 is 22.0 Å². The Bertz CT molecular complexity index is 274. The van der Waals surface area contributed by atoms with Crippen LogP contribution in [0.25, 0.3) is 0 Å². The second kappa shape index (κ2) is 5.98. The highest BCUT2D eigenvalue weighted by molar-refractivity contribution is 7.90. The molecule has 0 fully saturated rings. The lowest BCUT2D eigenvalue weighted by Gasteiger charge is -2.10. The van der Waals surface area contributed by atoms with Crippen LogP contribution in [-0.2, 0) is 14.8 Å². The maximum Gasteiger partial charge on any atom is 0.250 e. The van der Waals surface area contributed by atoms with Crippen LogP contribution in [0.15, 0.2) is 0 Å². The van der Waals surface area contributed by atoms with Crippen molar-refractivity contribution in [3.8, 4) is 0 Å². The van der Waals surface area contributed by atoms with Gasteiger partial charge in [-0.05, 0) is 12.8 Å². The van der Waals surface area contributed by atoms with Crippen molar-refractivity contribution in [2.75, 3.05) is 5.75 Å². The fourth-order valence-electron chi connectivity index (χ4n) is 0.991. The zero-order valence-electron chi connectivity index (χ0n) is 8.62. The van der Waals surface area contributed by atoms with E-state index in [0.717, 1.165) is 6.42 Å². The van der Waals surface area contributed by atoms with Crippen molar-refractivity contribution in [1.82, 2.24) is 4.72 Å². The van der Waals surface area contributed by atoms with Crippen LogP contribution in [0.2, 0.25) is 0 Å². The molecule has 6 heteroatoms. The molecule has 1 amide bonds. The second-order valence-corrected chi connectivity index (χ2v) is 5.02. The smallest absolute Gasteiger partial charge is 0.250 e. The molecule has 0 unspecified atom stereocenters. The first kappa shape index (κ1) is 13.4. The number of nitrogens with two attached hydrogens (primary N) is 1. The van der Waals surface area contributed by atoms with E-state index in [2.05, 4.69) is 0 Å². The van der Waals surface area contributed by atoms with Gasteiger partial charge in [-0.15, -0.1) is 0 Å². The van der Waals surface area contributed by atoms with Gasteiger partial charge in [0, 0.05) is 0 Å². The molecule has 1 atom stereocenters. The molecule has 3 N–H and O–H groups in total. The van der Waals surface area contributed by atoms with Crippen molar-refractivity contribution in [1.29, 1.82) is 0 Å². The number of hydrogen-bond donors (Lipinski definition) is 2. The van der Waals surface area contributed by atoms with E-state index >= 15 is 0 Å². The van der Waals surface area contributed by atoms with Crippen LogP contribution >= 0.6 is 0 Å². The standard InChI is InChI=1S/C8H18N2O3S/c1-3-5-7(9)8(11)10-14(12,13)6-4-2/h7H,3-6,9H2,1-2H3,(H,10,11)/t7-/m1/s1. The summed E-state index contributed by atoms with van der Waals surface area (Å²) in [5, 5.41) is 0. The van der Waals surface area contributed by atoms with Gasteiger partial charge in [-0.3, -0.25) is 9.52 Å². The van der Waals surface area contributed by atoms with E-state index in [0.29, 0.717) is 12.8 Å². The van der Waals surface area contributed by atoms with Crippen LogP contribution in [-0.4, -0.2) is 26.1 Å². The van der Waals surface area contributed by atoms with Crippen LogP contribution in [0.1, 0.15) is 33.1 Å². The van der Waals surface area contributed by atoms with Gasteiger partial charge in [-0.25, -0.2) is 8.42 Å². The van der Waals surface area contributed by atoms with Crippen LogP contribution in [0.4, 0.5) is 0 Å². The Kier molecular flexibility index (Phi) is 5.71. The average Bonchev–Trinajstić information content (AvgIpc) is 2.03. The molecule has 0 spiro atoms. The minimum absolute atomic E-state index is 0.0441. The molecular weight excluding hydrogens is 204 g/mol. The lowest BCUT2D eigenvalue weighted by atomic mass is 10.2. The molecule has 0 aliphatic heterocycles. The van der Waals surface area contributed by atoms with Crippen molar-refractivity contribution in [2.24, 2.45) is 5.73 Å². The van der Waals surface area contributed by atoms with Gasteiger partial charge < -0.3 is 5.73 Å². The van der Waals surface area contributed by atoms with E-state index in [-0.39, 0.29) is 5.75 Å². The maximum atomic E-state index is 11.2. The van der Waals surface area contributed by atoms with Gasteiger partial charge in [-0.1, -0.05) is 20.3 Å². The summed E-state index contributed by atoms with van der Waals surface area (Å²) < 4.78 is 24.3. The summed E-state index contributed by atoms with van der Waals surface area (Å²) in [6.45, 7) is 3.61. The highest BCUT2D eigenvalue weighted by Gasteiger charge is 2.18. The molecule has 0 saturated carbocycles. The minimum Gasteiger partial charge on any atom is -0.320 e. The Morgan fingerprint density at radius 2 is 1.93 bits per heavy atom. The predicted octanol–water partition coefficient (Wildman–Crippen LogP) is -0.0302. The van der Waals surface area contributed by atoms with Gasteiger partial charge in [0.1, 0.15) is 0 Å². The first-order valence-corrected chi connectivity index (χ1v) is 6.38. The molecule has 0 heterocycles. The summed E-state index contributed by atoms with van der Waals surface area (Å²) >= 11 is 0. The zero-order valence-corrected chi connectivity index (χ0v) is 9.43. The Hall–Kier alpha value is -0.620. The Morgan fingerprint density at radius 3 is 2.36 bits per heavy atom. The van der Waals surface area contributed by atoms with E-state index in [9.17, 15) is 13.2 Å². The number of carbonyl (C=O) groups is 1. The number of nitrogens with one attached hydrogen (secondary N) is 1. The van der Waals surface area contributed by atoms with Crippen molar-refractivity contribution in [2.45, 2.75) is 39.2 Å². The third kappa shape index (κ3) is 5.18. The van der Waals surface area contributed by atoms with Crippen molar-refractivity contribution < 1.29 is 13.2 Å². The summed E-state index contributed by atoms with van der Waals surface area (Å²) in [5.41, 5.74) is 5.45. The fraction of sp³-hybridized carbons (Fsp3) is 0.875. The largest absolute Gasteiger partial charge is 0.320 e. The van der Waals surface area contributed by atoms with Crippen LogP contribution in [0, 0.1) is 0 Å². The van der Waals surface area contributed by atoms with Crippen LogP contribution in [0.5, 0.6) is 0 Å². The Balaban J connectivity index is 4.18. The summed E-state index contributed by atoms with van der Waals surface area (Å²) in [4.78, 5) is 11.2. The van der Waals surface area contributed by atoms with Gasteiger partial charge in [0.25, 0.3) is 0 Å². The van der Waals surface area contributed by atoms with Gasteiger partial charge in [-0.2, -0.15) is 0 Å². The fourth-order valence-corrected chi connectivity index (χ4v) is 2.09. The highest BCUT2D eigenvalue weighted by Crippen LogP contribution is 1.95. The molecule has 0 bridgehead atoms. The van der Waals surface area contributed by atoms with Crippen molar-refractivity contribution in [3.63, 3.8) is 0 Å². The van der Waals surface area contributed by atoms with Crippen molar-refractivity contribution >= 4 is 15.9 Å². The molecule has 0 rings (SSSR count). The van der Waals surface area contributed by atoms with Gasteiger partial charge in [0.2, 0.25) is 15.9 Å². The predicted molar refractivity (Wildman–Crippen MR) is 55.1 cm³/mol. The lowest BCUT2D eigenvalue weighted by Crippen LogP contribution is -2.43. The van der Waals surface area contributed by atoms with Crippen molar-refractivity contribution in [3.05, 3.63) is 0 Å². The average molecular weight is 222 g/mol. The normalized spacial score (nSPS) is 13.6. The summed E-state index contributed by atoms with van der Waals surface area (Å²) in [7, 11) is -3.47. The number of carbonyl (C=O) groups excluding carboxylic acids is 1. The van der Waals surface area contributed by atoms with E-state index in [1.165, 1.54) is 0 Å². The topological polar surface area (TPSA) is 89.3 Å². The van der Waals surface area contributed by atoms with E-state index in [1.54, 1.807) is 6.92 Å². The first-order chi connectivity index (χ1) is 6.43. The molecule has 0 aromatic heterocycles. The molecule has 0 aromatic rings. The minimum atomic E-state index is -3.47. The molecule has 0 saturated heterocycles. The van der Waals surface area contributed by atoms with E-state index in [4.69, 9.17) is 5.73 Å². The monoisotopic (exact) mass is 222 g/mol. The zero-order chi connectivity index (χ0) is 11.2. The second-order valence-electron chi connectivity index (χ2n) is 3.18. The molecule has 0 aliphatic carbocycles. The van der Waals surface area contributed by atoms with E-state index in [1.807, 2.05) is 11.6 Å². The van der Waals surface area contributed by atoms with Gasteiger partial charge in [0.05, 0.1) is 11.8 Å². The Morgan fingerprint density at radius 1 is 1.36 bits per heavy atom. The number of hydrogen-bond acceptors (Lipinski definition) is 4. The molecule has 0 aromatic carbocycles. The molecule has 5 nitrogen and oxygen atoms in total. The summed E-state index contributed by atoms with van der Waals surface area (Å²) in [6, 6.07) is -0.730.